The molecule has 0 aliphatic rings. The average molecular weight is 644 g/mol. The van der Waals surface area contributed by atoms with Gasteiger partial charge in [-0.3, -0.25) is 10.4 Å². The van der Waals surface area contributed by atoms with Crippen molar-refractivity contribution in [1.82, 2.24) is 35.6 Å². The minimum absolute atomic E-state index is 0.0256. The summed E-state index contributed by atoms with van der Waals surface area (Å²) in [6.07, 6.45) is -0.576. The van der Waals surface area contributed by atoms with Gasteiger partial charge in [0, 0.05) is 31.9 Å². The summed E-state index contributed by atoms with van der Waals surface area (Å²) in [6, 6.07) is 15.6. The molecule has 16 heteroatoms. The lowest BCUT2D eigenvalue weighted by molar-refractivity contribution is -0.503. The lowest BCUT2D eigenvalue weighted by Gasteiger charge is -2.17. The molecule has 0 bridgehead atoms. The van der Waals surface area contributed by atoms with E-state index in [9.17, 15) is 9.59 Å². The maximum atomic E-state index is 13.3. The molecule has 2 aromatic carbocycles. The van der Waals surface area contributed by atoms with Gasteiger partial charge < -0.3 is 18.8 Å². The first kappa shape index (κ1) is 33.5. The highest BCUT2D eigenvalue weighted by Gasteiger charge is 2.26. The van der Waals surface area contributed by atoms with E-state index in [-0.39, 0.29) is 30.4 Å². The number of tetrazole rings is 1. The van der Waals surface area contributed by atoms with Gasteiger partial charge in [0.1, 0.15) is 5.82 Å². The Morgan fingerprint density at radius 1 is 1.07 bits per heavy atom. The van der Waals surface area contributed by atoms with Crippen molar-refractivity contribution in [2.24, 2.45) is 0 Å². The Kier molecular flexibility index (Phi) is 11.9. The van der Waals surface area contributed by atoms with E-state index in [0.29, 0.717) is 18.1 Å². The number of aromatic amines is 1. The van der Waals surface area contributed by atoms with Gasteiger partial charge in [-0.05, 0) is 35.2 Å². The second kappa shape index (κ2) is 16.1. The topological polar surface area (TPSA) is 187 Å². The number of nitrogens with one attached hydrogen (secondary N) is 1. The van der Waals surface area contributed by atoms with Crippen molar-refractivity contribution < 1.29 is 39.1 Å². The third-order valence-corrected chi connectivity index (χ3v) is 6.89. The van der Waals surface area contributed by atoms with Crippen LogP contribution >= 0.6 is 11.6 Å². The quantitative estimate of drug-likeness (QED) is 0.0869. The monoisotopic (exact) mass is 643 g/mol. The van der Waals surface area contributed by atoms with Gasteiger partial charge >= 0.3 is 12.1 Å². The van der Waals surface area contributed by atoms with Crippen LogP contribution in [0.5, 0.6) is 0 Å². The molecule has 0 spiro atoms. The molecule has 0 aliphatic heterocycles. The molecule has 4 rings (SSSR count). The van der Waals surface area contributed by atoms with E-state index in [1.54, 1.807) is 4.57 Å². The predicted octanol–water partition coefficient (Wildman–Crippen LogP) is 5.22. The Bertz CT molecular complexity index is 1550. The summed E-state index contributed by atoms with van der Waals surface area (Å²) in [6.45, 7) is 5.08. The van der Waals surface area contributed by atoms with E-state index in [1.165, 1.54) is 13.8 Å². The number of esters is 1. The number of unbranched alkanes of at least 4 members (excludes halogenated alkanes) is 1. The summed E-state index contributed by atoms with van der Waals surface area (Å²) >= 11 is 6.45. The van der Waals surface area contributed by atoms with Crippen molar-refractivity contribution in [2.75, 3.05) is 6.61 Å². The number of rotatable bonds is 15. The van der Waals surface area contributed by atoms with Crippen LogP contribution in [-0.4, -0.2) is 77.1 Å². The fourth-order valence-corrected chi connectivity index (χ4v) is 4.73. The fourth-order valence-electron chi connectivity index (χ4n) is 4.46. The molecule has 2 heterocycles. The van der Waals surface area contributed by atoms with Gasteiger partial charge in [-0.25, -0.2) is 19.4 Å². The Morgan fingerprint density at radius 2 is 1.80 bits per heavy atom. The second-order valence-corrected chi connectivity index (χ2v) is 10.3. The summed E-state index contributed by atoms with van der Waals surface area (Å²) in [5.41, 5.74) is 3.62. The van der Waals surface area contributed by atoms with Gasteiger partial charge in [0.05, 0.1) is 18.1 Å². The molecule has 240 valence electrons. The van der Waals surface area contributed by atoms with E-state index < -0.39 is 29.9 Å². The summed E-state index contributed by atoms with van der Waals surface area (Å²) in [5.74, 6) is 0.280. The van der Waals surface area contributed by atoms with Crippen molar-refractivity contribution in [2.45, 2.75) is 65.4 Å². The number of carbonyl (C=O) groups is 2. The van der Waals surface area contributed by atoms with Crippen molar-refractivity contribution in [3.8, 4) is 22.5 Å². The first-order valence-corrected chi connectivity index (χ1v) is 14.6. The van der Waals surface area contributed by atoms with Gasteiger partial charge in [-0.1, -0.05) is 73.5 Å². The van der Waals surface area contributed by atoms with Crippen molar-refractivity contribution in [3.63, 3.8) is 0 Å². The van der Waals surface area contributed by atoms with Crippen LogP contribution in [-0.2, 0) is 32.0 Å². The SMILES string of the molecule is CCCCc1nc(Cl)c(C(=O)OC(C)OC(=O)OCC[C@@H](C)ON(O)O)n1Cc1ccc(-c2ccccc2-c2nn[nH]n2)cc1. The number of hydrogen-bond acceptors (Lipinski definition) is 13. The van der Waals surface area contributed by atoms with Crippen LogP contribution in [0.4, 0.5) is 4.79 Å². The van der Waals surface area contributed by atoms with Crippen LogP contribution in [0.2, 0.25) is 5.15 Å². The zero-order chi connectivity index (χ0) is 32.3. The molecule has 3 N–H and O–H groups in total. The Labute approximate surface area is 263 Å². The number of aryl methyl sites for hydroxylation is 1. The number of imidazole rings is 1. The molecule has 45 heavy (non-hydrogen) atoms. The van der Waals surface area contributed by atoms with Gasteiger partial charge in [-0.15, -0.1) is 10.2 Å². The molecule has 0 aliphatic carbocycles. The highest BCUT2D eigenvalue weighted by molar-refractivity contribution is 6.32. The average Bonchev–Trinajstić information content (AvgIpc) is 3.64. The lowest BCUT2D eigenvalue weighted by Crippen LogP contribution is -2.26. The van der Waals surface area contributed by atoms with Crippen molar-refractivity contribution >= 4 is 23.7 Å². The van der Waals surface area contributed by atoms with Gasteiger partial charge in [0.15, 0.2) is 10.8 Å². The molecule has 0 saturated carbocycles. The van der Waals surface area contributed by atoms with E-state index in [1.807, 2.05) is 48.5 Å². The normalized spacial score (nSPS) is 12.6. The largest absolute Gasteiger partial charge is 0.511 e. The molecular formula is C29H34ClN7O8. The number of hydrogen-bond donors (Lipinski definition) is 3. The smallest absolute Gasteiger partial charge is 0.434 e. The zero-order valence-electron chi connectivity index (χ0n) is 24.9. The molecule has 0 fully saturated rings. The molecule has 4 aromatic rings. The maximum absolute atomic E-state index is 13.3. The zero-order valence-corrected chi connectivity index (χ0v) is 25.7. The molecular weight excluding hydrogens is 610 g/mol. The molecule has 0 saturated heterocycles. The molecule has 2 atom stereocenters. The van der Waals surface area contributed by atoms with E-state index in [4.69, 9.17) is 36.2 Å². The highest BCUT2D eigenvalue weighted by atomic mass is 35.5. The van der Waals surface area contributed by atoms with Crippen molar-refractivity contribution in [1.29, 1.82) is 0 Å². The highest BCUT2D eigenvalue weighted by Crippen LogP contribution is 2.30. The standard InChI is InChI=1S/C29H34ClN7O8/c1-4-5-10-24-31-26(30)25(28(38)43-19(3)44-29(39)42-16-15-18(2)45-37(40)41)36(24)17-20-11-13-21(14-12-20)22-8-6-7-9-23(22)27-32-34-35-33-27/h6-9,11-14,18-19,40-41H,4-5,10,15-17H2,1-3H3,(H,32,33,34,35)/t18-,19?/m1/s1. The van der Waals surface area contributed by atoms with Crippen LogP contribution in [0, 0.1) is 0 Å². The number of carbonyl (C=O) groups excluding carboxylic acids is 2. The van der Waals surface area contributed by atoms with Gasteiger partial charge in [0.25, 0.3) is 0 Å². The molecule has 0 radical (unpaired) electrons. The lowest BCUT2D eigenvalue weighted by atomic mass is 9.98. The Hall–Kier alpha value is -4.41. The minimum atomic E-state index is -1.30. The third kappa shape index (κ3) is 9.29. The Balaban J connectivity index is 1.46. The van der Waals surface area contributed by atoms with Crippen LogP contribution in [0.1, 0.15) is 61.9 Å². The first-order valence-electron chi connectivity index (χ1n) is 14.2. The fraction of sp³-hybridized carbons (Fsp3) is 0.379. The number of aromatic nitrogens is 6. The number of halogens is 1. The maximum Gasteiger partial charge on any atom is 0.511 e. The summed E-state index contributed by atoms with van der Waals surface area (Å²) in [5, 5.41) is 31.2. The van der Waals surface area contributed by atoms with Gasteiger partial charge in [0.2, 0.25) is 12.1 Å². The predicted molar refractivity (Wildman–Crippen MR) is 158 cm³/mol. The van der Waals surface area contributed by atoms with Crippen molar-refractivity contribution in [3.05, 3.63) is 70.8 Å². The Morgan fingerprint density at radius 3 is 2.47 bits per heavy atom. The molecule has 0 amide bonds. The third-order valence-electron chi connectivity index (χ3n) is 6.62. The summed E-state index contributed by atoms with van der Waals surface area (Å²) < 4.78 is 17.0. The van der Waals surface area contributed by atoms with Gasteiger partial charge in [-0.2, -0.15) is 5.21 Å². The van der Waals surface area contributed by atoms with E-state index in [2.05, 4.69) is 37.4 Å². The first-order chi connectivity index (χ1) is 21.7. The van der Waals surface area contributed by atoms with Crippen LogP contribution < -0.4 is 0 Å². The number of ether oxygens (including phenoxy) is 3. The number of H-pyrrole nitrogens is 1. The van der Waals surface area contributed by atoms with E-state index in [0.717, 1.165) is 35.1 Å². The van der Waals surface area contributed by atoms with E-state index >= 15 is 0 Å². The number of benzene rings is 2. The summed E-state index contributed by atoms with van der Waals surface area (Å²) in [4.78, 5) is 34.3. The van der Waals surface area contributed by atoms with Crippen LogP contribution in [0.25, 0.3) is 22.5 Å². The number of nitrogens with zero attached hydrogens (tertiary/aromatic N) is 6. The van der Waals surface area contributed by atoms with Crippen LogP contribution in [0.15, 0.2) is 48.5 Å². The molecule has 1 unspecified atom stereocenters. The van der Waals surface area contributed by atoms with Crippen LogP contribution in [0.3, 0.4) is 0 Å². The minimum Gasteiger partial charge on any atom is -0.434 e. The molecule has 2 aromatic heterocycles. The second-order valence-electron chi connectivity index (χ2n) is 9.98. The molecule has 15 nitrogen and oxygen atoms in total. The summed E-state index contributed by atoms with van der Waals surface area (Å²) in [7, 11) is 0.